The zero-order valence-electron chi connectivity index (χ0n) is 16.3. The molecule has 3 rings (SSSR count). The molecule has 1 fully saturated rings. The van der Waals surface area contributed by atoms with E-state index in [4.69, 9.17) is 16.3 Å². The zero-order valence-corrected chi connectivity index (χ0v) is 17.1. The Kier molecular flexibility index (Phi) is 6.07. The fourth-order valence-electron chi connectivity index (χ4n) is 3.70. The minimum absolute atomic E-state index is 0.0583. The van der Waals surface area contributed by atoms with E-state index < -0.39 is 0 Å². The Morgan fingerprint density at radius 1 is 1.41 bits per heavy atom. The van der Waals surface area contributed by atoms with Crippen LogP contribution in [0.2, 0.25) is 5.02 Å². The predicted octanol–water partition coefficient (Wildman–Crippen LogP) is 3.40. The van der Waals surface area contributed by atoms with Gasteiger partial charge in [-0.15, -0.1) is 0 Å². The number of ether oxygens (including phenoxy) is 1. The van der Waals surface area contributed by atoms with Crippen LogP contribution in [0, 0.1) is 13.8 Å². The Hall–Kier alpha value is -2.05. The Balaban J connectivity index is 1.60. The third kappa shape index (κ3) is 4.28. The van der Waals surface area contributed by atoms with Crippen LogP contribution in [0.15, 0.2) is 24.3 Å². The minimum atomic E-state index is -0.175. The Morgan fingerprint density at radius 2 is 2.19 bits per heavy atom. The molecule has 1 saturated heterocycles. The SMILES string of the molecule is Cc1nn(C)c(C)c1CCNC(=O)N1CCO[C@H](c2cccc(Cl)c2)[C@H]1C. The molecule has 2 heterocycles. The molecule has 27 heavy (non-hydrogen) atoms. The highest BCUT2D eigenvalue weighted by atomic mass is 35.5. The molecule has 7 heteroatoms. The fourth-order valence-corrected chi connectivity index (χ4v) is 3.90. The highest BCUT2D eigenvalue weighted by Gasteiger charge is 2.33. The molecule has 1 N–H and O–H groups in total. The summed E-state index contributed by atoms with van der Waals surface area (Å²) >= 11 is 6.11. The summed E-state index contributed by atoms with van der Waals surface area (Å²) in [6.45, 7) is 7.74. The maximum atomic E-state index is 12.7. The first-order chi connectivity index (χ1) is 12.9. The van der Waals surface area contributed by atoms with Crippen LogP contribution in [0.3, 0.4) is 0 Å². The van der Waals surface area contributed by atoms with Gasteiger partial charge >= 0.3 is 6.03 Å². The van der Waals surface area contributed by atoms with Crippen molar-refractivity contribution in [2.75, 3.05) is 19.7 Å². The maximum Gasteiger partial charge on any atom is 0.317 e. The van der Waals surface area contributed by atoms with E-state index in [1.54, 1.807) is 0 Å². The number of morpholine rings is 1. The van der Waals surface area contributed by atoms with Gasteiger partial charge in [0.1, 0.15) is 6.10 Å². The standard InChI is InChI=1S/C20H27ClN4O2/c1-13-18(14(2)24(4)23-13)8-9-22-20(26)25-10-11-27-19(15(25)3)16-6-5-7-17(21)12-16/h5-7,12,15,19H,8-11H2,1-4H3,(H,22,26)/t15-,19+/m1/s1. The number of aromatic nitrogens is 2. The molecule has 2 aromatic rings. The smallest absolute Gasteiger partial charge is 0.317 e. The van der Waals surface area contributed by atoms with E-state index in [1.807, 2.05) is 54.7 Å². The summed E-state index contributed by atoms with van der Waals surface area (Å²) < 4.78 is 7.81. The van der Waals surface area contributed by atoms with Crippen LogP contribution < -0.4 is 5.32 Å². The first-order valence-electron chi connectivity index (χ1n) is 9.29. The summed E-state index contributed by atoms with van der Waals surface area (Å²) in [5.74, 6) is 0. The van der Waals surface area contributed by atoms with Crippen molar-refractivity contribution in [3.63, 3.8) is 0 Å². The van der Waals surface area contributed by atoms with Crippen LogP contribution in [0.1, 0.15) is 35.5 Å². The second kappa shape index (κ2) is 8.31. The number of aryl methyl sites for hydroxylation is 2. The van der Waals surface area contributed by atoms with Crippen LogP contribution in [0.5, 0.6) is 0 Å². The second-order valence-corrected chi connectivity index (χ2v) is 7.47. The molecule has 0 radical (unpaired) electrons. The summed E-state index contributed by atoms with van der Waals surface area (Å²) in [5, 5.41) is 8.15. The summed E-state index contributed by atoms with van der Waals surface area (Å²) in [4.78, 5) is 14.6. The van der Waals surface area contributed by atoms with E-state index in [9.17, 15) is 4.79 Å². The van der Waals surface area contributed by atoms with Gasteiger partial charge in [0.2, 0.25) is 0 Å². The fraction of sp³-hybridized carbons (Fsp3) is 0.500. The van der Waals surface area contributed by atoms with Crippen molar-refractivity contribution in [3.8, 4) is 0 Å². The number of nitrogens with zero attached hydrogens (tertiary/aromatic N) is 3. The molecule has 6 nitrogen and oxygen atoms in total. The molecule has 1 aliphatic heterocycles. The molecule has 2 atom stereocenters. The minimum Gasteiger partial charge on any atom is -0.370 e. The average molecular weight is 391 g/mol. The third-order valence-electron chi connectivity index (χ3n) is 5.31. The van der Waals surface area contributed by atoms with E-state index in [2.05, 4.69) is 17.3 Å². The largest absolute Gasteiger partial charge is 0.370 e. The van der Waals surface area contributed by atoms with Crippen molar-refractivity contribution in [2.24, 2.45) is 7.05 Å². The molecule has 1 aliphatic rings. The van der Waals surface area contributed by atoms with Crippen LogP contribution >= 0.6 is 11.6 Å². The lowest BCUT2D eigenvalue weighted by atomic mass is 10.0. The van der Waals surface area contributed by atoms with E-state index in [-0.39, 0.29) is 18.2 Å². The monoisotopic (exact) mass is 390 g/mol. The van der Waals surface area contributed by atoms with Crippen LogP contribution in [-0.4, -0.2) is 46.4 Å². The second-order valence-electron chi connectivity index (χ2n) is 7.04. The highest BCUT2D eigenvalue weighted by molar-refractivity contribution is 6.30. The number of carbonyl (C=O) groups excluding carboxylic acids is 1. The van der Waals surface area contributed by atoms with Crippen molar-refractivity contribution in [1.29, 1.82) is 0 Å². The van der Waals surface area contributed by atoms with Gasteiger partial charge in [-0.25, -0.2) is 4.79 Å². The maximum absolute atomic E-state index is 12.7. The van der Waals surface area contributed by atoms with Crippen molar-refractivity contribution >= 4 is 17.6 Å². The first-order valence-corrected chi connectivity index (χ1v) is 9.67. The van der Waals surface area contributed by atoms with Crippen molar-refractivity contribution < 1.29 is 9.53 Å². The lowest BCUT2D eigenvalue weighted by Crippen LogP contribution is -2.52. The molecule has 2 amide bonds. The van der Waals surface area contributed by atoms with Gasteiger partial charge in [0, 0.05) is 30.9 Å². The van der Waals surface area contributed by atoms with Gasteiger partial charge in [-0.05, 0) is 50.5 Å². The molecule has 0 spiro atoms. The number of hydrogen-bond donors (Lipinski definition) is 1. The normalized spacial score (nSPS) is 20.0. The molecule has 1 aromatic heterocycles. The molecule has 0 saturated carbocycles. The van der Waals surface area contributed by atoms with Crippen LogP contribution in [-0.2, 0) is 18.2 Å². The number of benzene rings is 1. The number of rotatable bonds is 4. The lowest BCUT2D eigenvalue weighted by Gasteiger charge is -2.39. The summed E-state index contributed by atoms with van der Waals surface area (Å²) in [5.41, 5.74) is 4.35. The number of halogens is 1. The van der Waals surface area contributed by atoms with Gasteiger partial charge in [-0.2, -0.15) is 5.10 Å². The van der Waals surface area contributed by atoms with Crippen molar-refractivity contribution in [3.05, 3.63) is 51.8 Å². The molecule has 0 aliphatic carbocycles. The van der Waals surface area contributed by atoms with E-state index in [1.165, 1.54) is 5.56 Å². The summed E-state index contributed by atoms with van der Waals surface area (Å²) in [6.07, 6.45) is 0.597. The Labute approximate surface area is 165 Å². The van der Waals surface area contributed by atoms with E-state index in [0.29, 0.717) is 24.7 Å². The topological polar surface area (TPSA) is 59.4 Å². The van der Waals surface area contributed by atoms with Gasteiger partial charge in [0.25, 0.3) is 0 Å². The number of hydrogen-bond acceptors (Lipinski definition) is 3. The molecule has 1 aromatic carbocycles. The number of carbonyl (C=O) groups is 1. The third-order valence-corrected chi connectivity index (χ3v) is 5.54. The highest BCUT2D eigenvalue weighted by Crippen LogP contribution is 2.29. The first kappa shape index (κ1) is 19.7. The molecular formula is C20H27ClN4O2. The predicted molar refractivity (Wildman–Crippen MR) is 106 cm³/mol. The van der Waals surface area contributed by atoms with E-state index >= 15 is 0 Å². The van der Waals surface area contributed by atoms with Crippen molar-refractivity contribution in [1.82, 2.24) is 20.0 Å². The van der Waals surface area contributed by atoms with E-state index in [0.717, 1.165) is 23.4 Å². The summed E-state index contributed by atoms with van der Waals surface area (Å²) in [7, 11) is 1.94. The van der Waals surface area contributed by atoms with Gasteiger partial charge < -0.3 is 15.0 Å². The van der Waals surface area contributed by atoms with Gasteiger partial charge in [0.15, 0.2) is 0 Å². The van der Waals surface area contributed by atoms with Gasteiger partial charge in [-0.1, -0.05) is 23.7 Å². The van der Waals surface area contributed by atoms with Crippen LogP contribution in [0.4, 0.5) is 4.79 Å². The lowest BCUT2D eigenvalue weighted by molar-refractivity contribution is -0.0497. The number of urea groups is 1. The van der Waals surface area contributed by atoms with Gasteiger partial charge in [0.05, 0.1) is 18.3 Å². The molecule has 0 unspecified atom stereocenters. The number of nitrogens with one attached hydrogen (secondary N) is 1. The molecular weight excluding hydrogens is 364 g/mol. The Morgan fingerprint density at radius 3 is 2.85 bits per heavy atom. The Bertz CT molecular complexity index is 820. The van der Waals surface area contributed by atoms with Crippen molar-refractivity contribution in [2.45, 2.75) is 39.3 Å². The van der Waals surface area contributed by atoms with Gasteiger partial charge in [-0.3, -0.25) is 4.68 Å². The summed E-state index contributed by atoms with van der Waals surface area (Å²) in [6, 6.07) is 7.51. The average Bonchev–Trinajstić information content (AvgIpc) is 2.87. The number of amides is 2. The quantitative estimate of drug-likeness (QED) is 0.870. The molecule has 146 valence electrons. The zero-order chi connectivity index (χ0) is 19.6. The molecule has 0 bridgehead atoms. The van der Waals surface area contributed by atoms with Crippen LogP contribution in [0.25, 0.3) is 0 Å².